The highest BCUT2D eigenvalue weighted by molar-refractivity contribution is 6.64. The Kier molecular flexibility index (Phi) is 10.0. The van der Waals surface area contributed by atoms with Gasteiger partial charge in [-0.05, 0) is 31.1 Å². The largest absolute Gasteiger partial charge is 0.507 e. The summed E-state index contributed by atoms with van der Waals surface area (Å²) < 4.78 is 18.9. The van der Waals surface area contributed by atoms with Crippen molar-refractivity contribution >= 4 is 8.80 Å². The average Bonchev–Trinajstić information content (AvgIpc) is 2.45. The molecule has 0 aromatic carbocycles. The second kappa shape index (κ2) is 9.98. The van der Waals surface area contributed by atoms with Crippen molar-refractivity contribution in [3.8, 4) is 0 Å². The first-order valence-corrected chi connectivity index (χ1v) is 10.4. The highest BCUT2D eigenvalue weighted by atomic mass is 28.4. The van der Waals surface area contributed by atoms with Crippen molar-refractivity contribution in [3.05, 3.63) is 0 Å². The Morgan fingerprint density at radius 1 is 0.762 bits per heavy atom. The Hall–Kier alpha value is 0.0969. The predicted molar refractivity (Wildman–Crippen MR) is 92.5 cm³/mol. The average molecular weight is 319 g/mol. The molecule has 0 saturated heterocycles. The Balaban J connectivity index is 5.44. The molecule has 0 aliphatic rings. The molecule has 0 aromatic heterocycles. The van der Waals surface area contributed by atoms with Gasteiger partial charge in [-0.25, -0.2) is 0 Å². The van der Waals surface area contributed by atoms with E-state index in [2.05, 4.69) is 55.4 Å². The molecular formula is C17H38O3Si. The van der Waals surface area contributed by atoms with E-state index >= 15 is 0 Å². The highest BCUT2D eigenvalue weighted by Gasteiger charge is 2.58. The molecule has 0 aromatic rings. The lowest BCUT2D eigenvalue weighted by Crippen LogP contribution is -2.57. The van der Waals surface area contributed by atoms with Crippen molar-refractivity contribution in [2.45, 2.75) is 79.7 Å². The van der Waals surface area contributed by atoms with Gasteiger partial charge in [-0.3, -0.25) is 0 Å². The molecule has 4 heteroatoms. The quantitative estimate of drug-likeness (QED) is 0.458. The van der Waals surface area contributed by atoms with Crippen LogP contribution in [0, 0.1) is 11.8 Å². The molecule has 0 rings (SSSR count). The van der Waals surface area contributed by atoms with Gasteiger partial charge in [0.15, 0.2) is 0 Å². The zero-order valence-corrected chi connectivity index (χ0v) is 16.6. The molecule has 128 valence electrons. The number of hydrogen-bond acceptors (Lipinski definition) is 3. The van der Waals surface area contributed by atoms with Crippen molar-refractivity contribution in [1.29, 1.82) is 0 Å². The first-order chi connectivity index (χ1) is 9.79. The van der Waals surface area contributed by atoms with Gasteiger partial charge >= 0.3 is 8.80 Å². The lowest BCUT2D eigenvalue weighted by atomic mass is 9.86. The molecule has 0 saturated carbocycles. The van der Waals surface area contributed by atoms with E-state index in [-0.39, 0.29) is 5.04 Å². The topological polar surface area (TPSA) is 27.7 Å². The Labute approximate surface area is 134 Å². The van der Waals surface area contributed by atoms with E-state index in [1.807, 2.05) is 0 Å². The summed E-state index contributed by atoms with van der Waals surface area (Å²) in [7, 11) is -2.71. The fraction of sp³-hybridized carbons (Fsp3) is 1.00. The first kappa shape index (κ1) is 21.1. The SMILES string of the molecule is CCCO[Si](OCCC)(OCCC)C(C)(C)C(C)C(C)C. The molecule has 0 fully saturated rings. The van der Waals surface area contributed by atoms with Crippen LogP contribution in [0.2, 0.25) is 5.04 Å². The normalized spacial score (nSPS) is 14.7. The van der Waals surface area contributed by atoms with E-state index in [0.717, 1.165) is 19.3 Å². The van der Waals surface area contributed by atoms with Crippen molar-refractivity contribution in [2.24, 2.45) is 11.8 Å². The van der Waals surface area contributed by atoms with E-state index in [9.17, 15) is 0 Å². The minimum absolute atomic E-state index is 0.0827. The van der Waals surface area contributed by atoms with E-state index < -0.39 is 8.80 Å². The monoisotopic (exact) mass is 318 g/mol. The van der Waals surface area contributed by atoms with Crippen molar-refractivity contribution < 1.29 is 13.3 Å². The van der Waals surface area contributed by atoms with Crippen LogP contribution in [0.15, 0.2) is 0 Å². The van der Waals surface area contributed by atoms with Crippen LogP contribution >= 0.6 is 0 Å². The molecule has 0 bridgehead atoms. The smallest absolute Gasteiger partial charge is 0.373 e. The van der Waals surface area contributed by atoms with Gasteiger partial charge in [0.25, 0.3) is 0 Å². The fourth-order valence-electron chi connectivity index (χ4n) is 2.50. The minimum Gasteiger partial charge on any atom is -0.373 e. The lowest BCUT2D eigenvalue weighted by Gasteiger charge is -2.46. The Bertz CT molecular complexity index is 245. The van der Waals surface area contributed by atoms with E-state index in [4.69, 9.17) is 13.3 Å². The van der Waals surface area contributed by atoms with Crippen LogP contribution < -0.4 is 0 Å². The van der Waals surface area contributed by atoms with Gasteiger partial charge in [-0.15, -0.1) is 0 Å². The van der Waals surface area contributed by atoms with Crippen LogP contribution in [0.1, 0.15) is 74.7 Å². The Morgan fingerprint density at radius 2 is 1.10 bits per heavy atom. The molecule has 0 N–H and O–H groups in total. The second-order valence-corrected chi connectivity index (χ2v) is 10.1. The van der Waals surface area contributed by atoms with E-state index in [0.29, 0.717) is 31.7 Å². The van der Waals surface area contributed by atoms with E-state index in [1.54, 1.807) is 0 Å². The van der Waals surface area contributed by atoms with Crippen molar-refractivity contribution in [1.82, 2.24) is 0 Å². The maximum absolute atomic E-state index is 6.31. The summed E-state index contributed by atoms with van der Waals surface area (Å²) in [4.78, 5) is 0. The lowest BCUT2D eigenvalue weighted by molar-refractivity contribution is 0.0238. The zero-order valence-electron chi connectivity index (χ0n) is 15.6. The molecule has 0 spiro atoms. The molecular weight excluding hydrogens is 280 g/mol. The summed E-state index contributed by atoms with van der Waals surface area (Å²) in [5.74, 6) is 1.06. The maximum Gasteiger partial charge on any atom is 0.507 e. The van der Waals surface area contributed by atoms with Gasteiger partial charge in [-0.2, -0.15) is 0 Å². The van der Waals surface area contributed by atoms with Gasteiger partial charge < -0.3 is 13.3 Å². The zero-order chi connectivity index (χ0) is 16.5. The molecule has 1 unspecified atom stereocenters. The van der Waals surface area contributed by atoms with Crippen LogP contribution in [-0.4, -0.2) is 28.6 Å². The van der Waals surface area contributed by atoms with Gasteiger partial charge in [0, 0.05) is 24.9 Å². The maximum atomic E-state index is 6.31. The minimum atomic E-state index is -2.71. The Morgan fingerprint density at radius 3 is 1.33 bits per heavy atom. The number of rotatable bonds is 12. The number of hydrogen-bond donors (Lipinski definition) is 0. The van der Waals surface area contributed by atoms with Gasteiger partial charge in [0.1, 0.15) is 0 Å². The molecule has 0 radical (unpaired) electrons. The van der Waals surface area contributed by atoms with Gasteiger partial charge in [0.05, 0.1) is 0 Å². The summed E-state index contributed by atoms with van der Waals surface area (Å²) >= 11 is 0. The third-order valence-corrected chi connectivity index (χ3v) is 8.20. The summed E-state index contributed by atoms with van der Waals surface area (Å²) in [6.07, 6.45) is 2.98. The fourth-order valence-corrected chi connectivity index (χ4v) is 6.18. The summed E-state index contributed by atoms with van der Waals surface area (Å²) in [5, 5.41) is -0.0827. The molecule has 21 heavy (non-hydrogen) atoms. The summed E-state index contributed by atoms with van der Waals surface area (Å²) in [6, 6.07) is 0. The molecule has 0 aliphatic heterocycles. The van der Waals surface area contributed by atoms with E-state index in [1.165, 1.54) is 0 Å². The molecule has 0 amide bonds. The van der Waals surface area contributed by atoms with Crippen molar-refractivity contribution in [3.63, 3.8) is 0 Å². The predicted octanol–water partition coefficient (Wildman–Crippen LogP) is 5.28. The van der Waals surface area contributed by atoms with Crippen LogP contribution in [0.4, 0.5) is 0 Å². The van der Waals surface area contributed by atoms with Crippen LogP contribution in [0.3, 0.4) is 0 Å². The summed E-state index contributed by atoms with van der Waals surface area (Å²) in [6.45, 7) is 19.9. The first-order valence-electron chi connectivity index (χ1n) is 8.70. The van der Waals surface area contributed by atoms with Crippen molar-refractivity contribution in [2.75, 3.05) is 19.8 Å². The van der Waals surface area contributed by atoms with Crippen LogP contribution in [0.25, 0.3) is 0 Å². The summed E-state index contributed by atoms with van der Waals surface area (Å²) in [5.41, 5.74) is 0. The molecule has 0 aliphatic carbocycles. The standard InChI is InChI=1S/C17H38O3Si/c1-9-12-18-21(19-13-10-2,20-14-11-3)17(7,8)16(6)15(4)5/h15-16H,9-14H2,1-8H3. The third-order valence-electron chi connectivity index (χ3n) is 4.42. The molecule has 0 heterocycles. The van der Waals surface area contributed by atoms with Crippen LogP contribution in [0.5, 0.6) is 0 Å². The molecule has 3 nitrogen and oxygen atoms in total. The van der Waals surface area contributed by atoms with Crippen LogP contribution in [-0.2, 0) is 13.3 Å². The van der Waals surface area contributed by atoms with Gasteiger partial charge in [0.2, 0.25) is 0 Å². The molecule has 1 atom stereocenters. The second-order valence-electron chi connectivity index (χ2n) is 6.86. The highest BCUT2D eigenvalue weighted by Crippen LogP contribution is 2.49. The van der Waals surface area contributed by atoms with Gasteiger partial charge in [-0.1, -0.05) is 55.4 Å². The third kappa shape index (κ3) is 5.66.